The third kappa shape index (κ3) is 6.57. The van der Waals surface area contributed by atoms with E-state index in [0.717, 1.165) is 18.4 Å². The van der Waals surface area contributed by atoms with Crippen LogP contribution in [-0.4, -0.2) is 18.0 Å². The molecule has 0 saturated carbocycles. The van der Waals surface area contributed by atoms with Crippen molar-refractivity contribution < 1.29 is 4.74 Å². The standard InChI is InChI=1S/C9H17BrO/c1-4-5-9(6-10)7-11-8(2)3/h4,8-9H,1,5-7H2,2-3H3. The molecule has 0 bridgehead atoms. The fourth-order valence-corrected chi connectivity index (χ4v) is 1.19. The Morgan fingerprint density at radius 1 is 1.55 bits per heavy atom. The molecule has 0 aromatic heterocycles. The molecule has 2 heteroatoms. The molecular weight excluding hydrogens is 204 g/mol. The molecule has 0 heterocycles. The molecule has 1 atom stereocenters. The van der Waals surface area contributed by atoms with Gasteiger partial charge in [-0.1, -0.05) is 22.0 Å². The van der Waals surface area contributed by atoms with E-state index in [1.165, 1.54) is 0 Å². The van der Waals surface area contributed by atoms with Crippen LogP contribution in [0.5, 0.6) is 0 Å². The molecule has 1 nitrogen and oxygen atoms in total. The van der Waals surface area contributed by atoms with Crippen LogP contribution in [0.25, 0.3) is 0 Å². The van der Waals surface area contributed by atoms with Gasteiger partial charge in [0.05, 0.1) is 12.7 Å². The summed E-state index contributed by atoms with van der Waals surface area (Å²) in [6.07, 6.45) is 3.30. The first-order chi connectivity index (χ1) is 5.20. The first kappa shape index (κ1) is 11.2. The average molecular weight is 221 g/mol. The zero-order chi connectivity index (χ0) is 8.69. The highest BCUT2D eigenvalue weighted by Crippen LogP contribution is 2.08. The van der Waals surface area contributed by atoms with Gasteiger partial charge < -0.3 is 4.74 Å². The molecule has 0 aliphatic rings. The van der Waals surface area contributed by atoms with Crippen molar-refractivity contribution in [3.8, 4) is 0 Å². The zero-order valence-electron chi connectivity index (χ0n) is 7.35. The van der Waals surface area contributed by atoms with Crippen LogP contribution in [0.2, 0.25) is 0 Å². The Kier molecular flexibility index (Phi) is 6.98. The van der Waals surface area contributed by atoms with Crippen LogP contribution in [0.4, 0.5) is 0 Å². The van der Waals surface area contributed by atoms with Gasteiger partial charge in [-0.3, -0.25) is 0 Å². The molecule has 0 amide bonds. The molecule has 0 rings (SSSR count). The smallest absolute Gasteiger partial charge is 0.0519 e. The molecule has 0 aromatic carbocycles. The van der Waals surface area contributed by atoms with E-state index in [1.54, 1.807) is 0 Å². The summed E-state index contributed by atoms with van der Waals surface area (Å²) >= 11 is 3.44. The van der Waals surface area contributed by atoms with E-state index in [2.05, 4.69) is 36.4 Å². The molecule has 0 aliphatic carbocycles. The van der Waals surface area contributed by atoms with Crippen LogP contribution < -0.4 is 0 Å². The largest absolute Gasteiger partial charge is 0.378 e. The third-order valence-corrected chi connectivity index (χ3v) is 2.30. The maximum atomic E-state index is 5.47. The average Bonchev–Trinajstić information content (AvgIpc) is 1.97. The number of alkyl halides is 1. The third-order valence-electron chi connectivity index (χ3n) is 1.38. The van der Waals surface area contributed by atoms with Gasteiger partial charge in [0, 0.05) is 5.33 Å². The van der Waals surface area contributed by atoms with Crippen LogP contribution in [0.1, 0.15) is 20.3 Å². The first-order valence-corrected chi connectivity index (χ1v) is 5.11. The van der Waals surface area contributed by atoms with Gasteiger partial charge in [0.15, 0.2) is 0 Å². The van der Waals surface area contributed by atoms with Gasteiger partial charge in [-0.05, 0) is 26.2 Å². The van der Waals surface area contributed by atoms with E-state index in [9.17, 15) is 0 Å². The lowest BCUT2D eigenvalue weighted by atomic mass is 10.1. The Morgan fingerprint density at radius 3 is 2.55 bits per heavy atom. The minimum absolute atomic E-state index is 0.335. The molecule has 66 valence electrons. The van der Waals surface area contributed by atoms with Crippen molar-refractivity contribution in [1.29, 1.82) is 0 Å². The number of allylic oxidation sites excluding steroid dienone is 1. The van der Waals surface area contributed by atoms with Crippen LogP contribution in [0.15, 0.2) is 12.7 Å². The van der Waals surface area contributed by atoms with Crippen molar-refractivity contribution in [2.24, 2.45) is 5.92 Å². The minimum atomic E-state index is 0.335. The number of ether oxygens (including phenoxy) is 1. The quantitative estimate of drug-likeness (QED) is 0.495. The second kappa shape index (κ2) is 6.86. The molecule has 11 heavy (non-hydrogen) atoms. The van der Waals surface area contributed by atoms with Crippen molar-refractivity contribution in [1.82, 2.24) is 0 Å². The topological polar surface area (TPSA) is 9.23 Å². The Morgan fingerprint density at radius 2 is 2.18 bits per heavy atom. The predicted molar refractivity (Wildman–Crippen MR) is 53.2 cm³/mol. The molecular formula is C9H17BrO. The Balaban J connectivity index is 3.43. The first-order valence-electron chi connectivity index (χ1n) is 3.99. The van der Waals surface area contributed by atoms with Crippen LogP contribution >= 0.6 is 15.9 Å². The van der Waals surface area contributed by atoms with Crippen molar-refractivity contribution in [3.63, 3.8) is 0 Å². The van der Waals surface area contributed by atoms with Gasteiger partial charge >= 0.3 is 0 Å². The summed E-state index contributed by atoms with van der Waals surface area (Å²) < 4.78 is 5.47. The minimum Gasteiger partial charge on any atom is -0.378 e. The van der Waals surface area contributed by atoms with Crippen LogP contribution in [0, 0.1) is 5.92 Å². The Bertz CT molecular complexity index is 102. The summed E-state index contributed by atoms with van der Waals surface area (Å²) in [4.78, 5) is 0. The SMILES string of the molecule is C=CCC(CBr)COC(C)C. The summed E-state index contributed by atoms with van der Waals surface area (Å²) in [6.45, 7) is 8.64. The molecule has 0 fully saturated rings. The van der Waals surface area contributed by atoms with Gasteiger partial charge in [0.1, 0.15) is 0 Å². The van der Waals surface area contributed by atoms with E-state index in [-0.39, 0.29) is 0 Å². The zero-order valence-corrected chi connectivity index (χ0v) is 8.93. The van der Waals surface area contributed by atoms with Crippen molar-refractivity contribution in [3.05, 3.63) is 12.7 Å². The van der Waals surface area contributed by atoms with Gasteiger partial charge in [-0.25, -0.2) is 0 Å². The lowest BCUT2D eigenvalue weighted by Gasteiger charge is -2.14. The van der Waals surface area contributed by atoms with E-state index < -0.39 is 0 Å². The molecule has 0 aliphatic heterocycles. The van der Waals surface area contributed by atoms with E-state index >= 15 is 0 Å². The molecule has 0 saturated heterocycles. The fraction of sp³-hybridized carbons (Fsp3) is 0.778. The van der Waals surface area contributed by atoms with Crippen molar-refractivity contribution >= 4 is 15.9 Å². The lowest BCUT2D eigenvalue weighted by molar-refractivity contribution is 0.0572. The van der Waals surface area contributed by atoms with Crippen molar-refractivity contribution in [2.45, 2.75) is 26.4 Å². The normalized spacial score (nSPS) is 13.5. The maximum Gasteiger partial charge on any atom is 0.0519 e. The Labute approximate surface area is 78.0 Å². The van der Waals surface area contributed by atoms with Gasteiger partial charge in [0.25, 0.3) is 0 Å². The number of hydrogen-bond donors (Lipinski definition) is 0. The van der Waals surface area contributed by atoms with Gasteiger partial charge in [-0.15, -0.1) is 6.58 Å². The highest BCUT2D eigenvalue weighted by molar-refractivity contribution is 9.09. The predicted octanol–water partition coefficient (Wildman–Crippen LogP) is 3.00. The second-order valence-corrected chi connectivity index (χ2v) is 3.57. The second-order valence-electron chi connectivity index (χ2n) is 2.93. The summed E-state index contributed by atoms with van der Waals surface area (Å²) in [5.74, 6) is 0.579. The van der Waals surface area contributed by atoms with E-state index in [0.29, 0.717) is 12.0 Å². The summed E-state index contributed by atoms with van der Waals surface area (Å²) in [7, 11) is 0. The van der Waals surface area contributed by atoms with E-state index in [1.807, 2.05) is 6.08 Å². The number of halogens is 1. The van der Waals surface area contributed by atoms with Gasteiger partial charge in [0.2, 0.25) is 0 Å². The van der Waals surface area contributed by atoms with Crippen LogP contribution in [-0.2, 0) is 4.74 Å². The molecule has 0 N–H and O–H groups in total. The summed E-state index contributed by atoms with van der Waals surface area (Å²) in [5.41, 5.74) is 0. The summed E-state index contributed by atoms with van der Waals surface area (Å²) in [6, 6.07) is 0. The molecule has 0 spiro atoms. The number of rotatable bonds is 6. The fourth-order valence-electron chi connectivity index (χ4n) is 0.740. The van der Waals surface area contributed by atoms with E-state index in [4.69, 9.17) is 4.74 Å². The molecule has 1 unspecified atom stereocenters. The molecule has 0 aromatic rings. The Hall–Kier alpha value is 0.180. The lowest BCUT2D eigenvalue weighted by Crippen LogP contribution is -2.14. The van der Waals surface area contributed by atoms with Crippen molar-refractivity contribution in [2.75, 3.05) is 11.9 Å². The maximum absolute atomic E-state index is 5.47. The summed E-state index contributed by atoms with van der Waals surface area (Å²) in [5, 5.41) is 0.992. The molecule has 0 radical (unpaired) electrons. The highest BCUT2D eigenvalue weighted by Gasteiger charge is 2.05. The monoisotopic (exact) mass is 220 g/mol. The highest BCUT2D eigenvalue weighted by atomic mass is 79.9. The number of hydrogen-bond acceptors (Lipinski definition) is 1. The van der Waals surface area contributed by atoms with Crippen LogP contribution in [0.3, 0.4) is 0 Å². The van der Waals surface area contributed by atoms with Gasteiger partial charge in [-0.2, -0.15) is 0 Å².